The first-order valence-electron chi connectivity index (χ1n) is 19.4. The molecule has 0 saturated carbocycles. The third kappa shape index (κ3) is 6.03. The molecule has 0 aliphatic carbocycles. The minimum absolute atomic E-state index is 1.00. The summed E-state index contributed by atoms with van der Waals surface area (Å²) in [5.74, 6) is 0. The van der Waals surface area contributed by atoms with Gasteiger partial charge in [-0.25, -0.2) is 0 Å². The molecule has 266 valence electrons. The average Bonchev–Trinajstić information content (AvgIpc) is 3.29. The third-order valence-electron chi connectivity index (χ3n) is 11.3. The van der Waals surface area contributed by atoms with Gasteiger partial charge in [-0.1, -0.05) is 115 Å². The molecular formula is C54H35N3. The molecule has 0 N–H and O–H groups in total. The van der Waals surface area contributed by atoms with Gasteiger partial charge in [0.15, 0.2) is 0 Å². The lowest BCUT2D eigenvalue weighted by Gasteiger charge is -2.26. The lowest BCUT2D eigenvalue weighted by atomic mass is 9.96. The van der Waals surface area contributed by atoms with Crippen molar-refractivity contribution in [3.8, 4) is 33.4 Å². The Morgan fingerprint density at radius 3 is 1.28 bits per heavy atom. The van der Waals surface area contributed by atoms with Crippen molar-refractivity contribution >= 4 is 71.2 Å². The Bertz CT molecular complexity index is 3170. The van der Waals surface area contributed by atoms with Gasteiger partial charge in [-0.15, -0.1) is 0 Å². The molecule has 3 heteroatoms. The average molecular weight is 726 g/mol. The van der Waals surface area contributed by atoms with E-state index in [1.54, 1.807) is 0 Å². The fourth-order valence-corrected chi connectivity index (χ4v) is 8.31. The summed E-state index contributed by atoms with van der Waals surface area (Å²) in [5, 5.41) is 9.71. The maximum absolute atomic E-state index is 4.51. The van der Waals surface area contributed by atoms with Gasteiger partial charge in [-0.2, -0.15) is 0 Å². The number of anilines is 3. The van der Waals surface area contributed by atoms with Crippen molar-refractivity contribution in [3.63, 3.8) is 0 Å². The highest BCUT2D eigenvalue weighted by Gasteiger charge is 2.15. The van der Waals surface area contributed by atoms with Crippen molar-refractivity contribution in [2.75, 3.05) is 4.90 Å². The van der Waals surface area contributed by atoms with Gasteiger partial charge in [-0.05, 0) is 151 Å². The number of hydrogen-bond acceptors (Lipinski definition) is 3. The molecule has 0 spiro atoms. The quantitative estimate of drug-likeness (QED) is 0.160. The molecule has 9 aromatic carbocycles. The molecule has 0 bridgehead atoms. The highest BCUT2D eigenvalue weighted by atomic mass is 15.1. The zero-order valence-electron chi connectivity index (χ0n) is 31.0. The molecule has 0 unspecified atom stereocenters. The molecular weight excluding hydrogens is 691 g/mol. The molecule has 11 rings (SSSR count). The Morgan fingerprint density at radius 1 is 0.263 bits per heavy atom. The number of fused-ring (bicyclic) bond motifs is 6. The van der Waals surface area contributed by atoms with Crippen LogP contribution >= 0.6 is 0 Å². The zero-order valence-corrected chi connectivity index (χ0v) is 31.0. The third-order valence-corrected chi connectivity index (χ3v) is 11.3. The minimum atomic E-state index is 1.00. The number of hydrogen-bond donors (Lipinski definition) is 0. The van der Waals surface area contributed by atoms with E-state index in [9.17, 15) is 0 Å². The molecule has 57 heavy (non-hydrogen) atoms. The van der Waals surface area contributed by atoms with Gasteiger partial charge in [0.1, 0.15) is 0 Å². The lowest BCUT2D eigenvalue weighted by Crippen LogP contribution is -2.09. The number of nitrogens with zero attached hydrogens (tertiary/aromatic N) is 3. The van der Waals surface area contributed by atoms with Crippen LogP contribution in [-0.4, -0.2) is 9.97 Å². The van der Waals surface area contributed by atoms with E-state index in [0.29, 0.717) is 0 Å². The summed E-state index contributed by atoms with van der Waals surface area (Å²) in [7, 11) is 0. The Balaban J connectivity index is 0.981. The first-order valence-corrected chi connectivity index (χ1v) is 19.4. The molecule has 0 aliphatic rings. The van der Waals surface area contributed by atoms with E-state index >= 15 is 0 Å². The molecule has 11 aromatic rings. The summed E-state index contributed by atoms with van der Waals surface area (Å²) in [6, 6.07) is 72.5. The normalized spacial score (nSPS) is 11.5. The molecule has 0 atom stereocenters. The summed E-state index contributed by atoms with van der Waals surface area (Å²) < 4.78 is 0. The second kappa shape index (κ2) is 13.6. The van der Waals surface area contributed by atoms with Gasteiger partial charge in [-0.3, -0.25) is 9.97 Å². The standard InChI is InChI=1S/C54H35N3/c1-2-6-39-31-42(10-9-36(39)5-1)43-17-25-51-44(32-43)11-12-45-35-50(24-26-52(45)51)57(48-20-13-37(14-21-48)40-18-27-53-46(33-40)7-3-29-55-53)49-22-15-38(16-23-49)41-19-28-54-47(34-41)8-4-30-56-54/h1-35H. The van der Waals surface area contributed by atoms with Gasteiger partial charge < -0.3 is 4.90 Å². The van der Waals surface area contributed by atoms with Crippen LogP contribution < -0.4 is 4.90 Å². The largest absolute Gasteiger partial charge is 0.310 e. The Morgan fingerprint density at radius 2 is 0.667 bits per heavy atom. The SMILES string of the molecule is c1ccc2cc(-c3ccc4c(ccc5cc(N(c6ccc(-c7ccc8ncccc8c7)cc6)c6ccc(-c7ccc8ncccc8c7)cc6)ccc54)c3)ccc2c1. The maximum atomic E-state index is 4.51. The Hall–Kier alpha value is -7.62. The molecule has 0 saturated heterocycles. The fraction of sp³-hybridized carbons (Fsp3) is 0. The molecule has 0 amide bonds. The number of aromatic nitrogens is 2. The van der Waals surface area contributed by atoms with Crippen molar-refractivity contribution in [2.24, 2.45) is 0 Å². The second-order valence-corrected chi connectivity index (χ2v) is 14.7. The van der Waals surface area contributed by atoms with Gasteiger partial charge in [0, 0.05) is 40.2 Å². The molecule has 0 aliphatic heterocycles. The Labute approximate surface area is 330 Å². The van der Waals surface area contributed by atoms with Crippen LogP contribution in [0.2, 0.25) is 0 Å². The van der Waals surface area contributed by atoms with Crippen molar-refractivity contribution in [1.29, 1.82) is 0 Å². The van der Waals surface area contributed by atoms with Gasteiger partial charge in [0.2, 0.25) is 0 Å². The minimum Gasteiger partial charge on any atom is -0.310 e. The molecule has 2 aromatic heterocycles. The number of pyridine rings is 2. The predicted molar refractivity (Wildman–Crippen MR) is 241 cm³/mol. The molecule has 0 radical (unpaired) electrons. The summed E-state index contributed by atoms with van der Waals surface area (Å²) in [5.41, 5.74) is 12.4. The summed E-state index contributed by atoms with van der Waals surface area (Å²) in [4.78, 5) is 11.4. The molecule has 2 heterocycles. The highest BCUT2D eigenvalue weighted by Crippen LogP contribution is 2.40. The van der Waals surface area contributed by atoms with Crippen LogP contribution in [0.15, 0.2) is 213 Å². The first kappa shape index (κ1) is 32.8. The lowest BCUT2D eigenvalue weighted by molar-refractivity contribution is 1.29. The van der Waals surface area contributed by atoms with E-state index in [0.717, 1.165) is 38.9 Å². The smallest absolute Gasteiger partial charge is 0.0702 e. The van der Waals surface area contributed by atoms with Crippen molar-refractivity contribution < 1.29 is 0 Å². The van der Waals surface area contributed by atoms with Crippen molar-refractivity contribution in [2.45, 2.75) is 0 Å². The first-order chi connectivity index (χ1) is 28.2. The van der Waals surface area contributed by atoms with Crippen LogP contribution in [0.1, 0.15) is 0 Å². The van der Waals surface area contributed by atoms with Crippen molar-refractivity contribution in [3.05, 3.63) is 213 Å². The highest BCUT2D eigenvalue weighted by molar-refractivity contribution is 6.09. The van der Waals surface area contributed by atoms with Crippen molar-refractivity contribution in [1.82, 2.24) is 9.97 Å². The van der Waals surface area contributed by atoms with Gasteiger partial charge in [0.25, 0.3) is 0 Å². The van der Waals surface area contributed by atoms with E-state index < -0.39 is 0 Å². The summed E-state index contributed by atoms with van der Waals surface area (Å²) in [6.45, 7) is 0. The van der Waals surface area contributed by atoms with Crippen LogP contribution in [0.5, 0.6) is 0 Å². The van der Waals surface area contributed by atoms with E-state index in [-0.39, 0.29) is 0 Å². The van der Waals surface area contributed by atoms with Crippen LogP contribution in [0.3, 0.4) is 0 Å². The number of benzene rings is 9. The maximum Gasteiger partial charge on any atom is 0.0702 e. The van der Waals surface area contributed by atoms with E-state index in [1.807, 2.05) is 24.5 Å². The molecule has 0 fully saturated rings. The summed E-state index contributed by atoms with van der Waals surface area (Å²) in [6.07, 6.45) is 3.69. The van der Waals surface area contributed by atoms with E-state index in [2.05, 4.69) is 203 Å². The van der Waals surface area contributed by atoms with Gasteiger partial charge in [0.05, 0.1) is 11.0 Å². The second-order valence-electron chi connectivity index (χ2n) is 14.7. The monoisotopic (exact) mass is 725 g/mol. The van der Waals surface area contributed by atoms with Crippen LogP contribution in [-0.2, 0) is 0 Å². The van der Waals surface area contributed by atoms with Crippen LogP contribution in [0, 0.1) is 0 Å². The Kier molecular flexibility index (Phi) is 7.82. The fourth-order valence-electron chi connectivity index (χ4n) is 8.31. The van der Waals surface area contributed by atoms with Crippen LogP contribution in [0.25, 0.3) is 87.5 Å². The molecule has 3 nitrogen and oxygen atoms in total. The van der Waals surface area contributed by atoms with Crippen LogP contribution in [0.4, 0.5) is 17.1 Å². The van der Waals surface area contributed by atoms with E-state index in [4.69, 9.17) is 0 Å². The van der Waals surface area contributed by atoms with Gasteiger partial charge >= 0.3 is 0 Å². The predicted octanol–water partition coefficient (Wildman–Crippen LogP) is 14.7. The topological polar surface area (TPSA) is 29.0 Å². The zero-order chi connectivity index (χ0) is 37.7. The number of rotatable bonds is 6. The summed E-state index contributed by atoms with van der Waals surface area (Å²) >= 11 is 0. The van der Waals surface area contributed by atoms with E-state index in [1.165, 1.54) is 65.7 Å².